The fourth-order valence-corrected chi connectivity index (χ4v) is 3.60. The Balaban J connectivity index is 1.92. The van der Waals surface area contributed by atoms with E-state index in [1.165, 1.54) is 16.7 Å². The summed E-state index contributed by atoms with van der Waals surface area (Å²) < 4.78 is 6.27. The van der Waals surface area contributed by atoms with Crippen molar-refractivity contribution in [2.45, 2.75) is 0 Å². The molecule has 0 spiro atoms. The standard InChI is InChI=1S/C15H9Cl2NO2S2/c1-18-14(19)13(22-15(18)21)7-9-3-5-12(20-9)10-4-2-8(16)6-11(10)17/h2-7H,1H3/b13-7+. The number of thioether (sulfide) groups is 1. The van der Waals surface area contributed by atoms with Gasteiger partial charge in [-0.05, 0) is 30.3 Å². The lowest BCUT2D eigenvalue weighted by molar-refractivity contribution is -0.121. The van der Waals surface area contributed by atoms with Gasteiger partial charge in [-0.3, -0.25) is 9.69 Å². The quantitative estimate of drug-likeness (QED) is 0.545. The first-order valence-electron chi connectivity index (χ1n) is 6.22. The molecule has 0 atom stereocenters. The Morgan fingerprint density at radius 1 is 1.27 bits per heavy atom. The normalized spacial score (nSPS) is 16.9. The topological polar surface area (TPSA) is 33.5 Å². The zero-order chi connectivity index (χ0) is 15.9. The number of amides is 1. The van der Waals surface area contributed by atoms with Crippen LogP contribution in [0.25, 0.3) is 17.4 Å². The van der Waals surface area contributed by atoms with Gasteiger partial charge < -0.3 is 4.42 Å². The first-order valence-corrected chi connectivity index (χ1v) is 8.20. The molecular formula is C15H9Cl2NO2S2. The molecule has 7 heteroatoms. The first kappa shape index (κ1) is 15.6. The minimum Gasteiger partial charge on any atom is -0.457 e. The second-order valence-electron chi connectivity index (χ2n) is 4.57. The molecule has 0 radical (unpaired) electrons. The molecule has 1 aliphatic heterocycles. The van der Waals surface area contributed by atoms with Gasteiger partial charge in [0.1, 0.15) is 15.8 Å². The number of furan rings is 1. The highest BCUT2D eigenvalue weighted by atomic mass is 35.5. The van der Waals surface area contributed by atoms with Gasteiger partial charge in [0.15, 0.2) is 0 Å². The molecule has 1 aromatic carbocycles. The van der Waals surface area contributed by atoms with Crippen molar-refractivity contribution in [3.8, 4) is 11.3 Å². The molecule has 0 unspecified atom stereocenters. The second kappa shape index (κ2) is 6.08. The van der Waals surface area contributed by atoms with Gasteiger partial charge >= 0.3 is 0 Å². The number of carbonyl (C=O) groups is 1. The summed E-state index contributed by atoms with van der Waals surface area (Å²) in [6, 6.07) is 8.77. The van der Waals surface area contributed by atoms with Crippen LogP contribution in [0.3, 0.4) is 0 Å². The van der Waals surface area contributed by atoms with Crippen LogP contribution >= 0.6 is 47.2 Å². The van der Waals surface area contributed by atoms with Gasteiger partial charge in [0.05, 0.1) is 9.93 Å². The molecular weight excluding hydrogens is 361 g/mol. The number of likely N-dealkylation sites (N-methyl/N-ethyl adjacent to an activating group) is 1. The lowest BCUT2D eigenvalue weighted by atomic mass is 10.2. The van der Waals surface area contributed by atoms with Crippen molar-refractivity contribution in [2.75, 3.05) is 7.05 Å². The number of halogens is 2. The third-order valence-corrected chi connectivity index (χ3v) is 5.12. The van der Waals surface area contributed by atoms with Crippen LogP contribution in [0.2, 0.25) is 10.0 Å². The molecule has 3 rings (SSSR count). The molecule has 1 fully saturated rings. The minimum atomic E-state index is -0.127. The third kappa shape index (κ3) is 2.94. The van der Waals surface area contributed by atoms with Crippen LogP contribution in [-0.2, 0) is 4.79 Å². The Hall–Kier alpha value is -1.27. The maximum absolute atomic E-state index is 12.0. The fraction of sp³-hybridized carbons (Fsp3) is 0.0667. The highest BCUT2D eigenvalue weighted by molar-refractivity contribution is 8.26. The van der Waals surface area contributed by atoms with Crippen molar-refractivity contribution in [2.24, 2.45) is 0 Å². The smallest absolute Gasteiger partial charge is 0.266 e. The number of hydrogen-bond donors (Lipinski definition) is 0. The van der Waals surface area contributed by atoms with Crippen molar-refractivity contribution in [3.63, 3.8) is 0 Å². The minimum absolute atomic E-state index is 0.127. The maximum atomic E-state index is 12.0. The Morgan fingerprint density at radius 2 is 2.05 bits per heavy atom. The van der Waals surface area contributed by atoms with Gasteiger partial charge in [0.25, 0.3) is 5.91 Å². The molecule has 0 bridgehead atoms. The van der Waals surface area contributed by atoms with E-state index in [4.69, 9.17) is 39.8 Å². The number of benzene rings is 1. The van der Waals surface area contributed by atoms with Crippen molar-refractivity contribution in [1.29, 1.82) is 0 Å². The molecule has 1 saturated heterocycles. The van der Waals surface area contributed by atoms with E-state index in [1.54, 1.807) is 43.5 Å². The Morgan fingerprint density at radius 3 is 2.68 bits per heavy atom. The first-order chi connectivity index (χ1) is 10.5. The van der Waals surface area contributed by atoms with Crippen LogP contribution in [-0.4, -0.2) is 22.2 Å². The van der Waals surface area contributed by atoms with E-state index in [1.807, 2.05) is 0 Å². The monoisotopic (exact) mass is 369 g/mol. The molecule has 0 saturated carbocycles. The number of nitrogens with zero attached hydrogens (tertiary/aromatic N) is 1. The average Bonchev–Trinajstić information content (AvgIpc) is 3.01. The zero-order valence-electron chi connectivity index (χ0n) is 11.3. The summed E-state index contributed by atoms with van der Waals surface area (Å²) in [5.74, 6) is 1.05. The molecule has 1 amide bonds. The van der Waals surface area contributed by atoms with Crippen molar-refractivity contribution < 1.29 is 9.21 Å². The number of thiocarbonyl (C=S) groups is 1. The fourth-order valence-electron chi connectivity index (χ4n) is 1.94. The number of rotatable bonds is 2. The summed E-state index contributed by atoms with van der Waals surface area (Å²) in [5, 5.41) is 1.07. The number of carbonyl (C=O) groups excluding carboxylic acids is 1. The summed E-state index contributed by atoms with van der Waals surface area (Å²) in [6.07, 6.45) is 1.68. The zero-order valence-corrected chi connectivity index (χ0v) is 14.4. The van der Waals surface area contributed by atoms with E-state index in [-0.39, 0.29) is 5.91 Å². The van der Waals surface area contributed by atoms with Crippen LogP contribution in [0.5, 0.6) is 0 Å². The van der Waals surface area contributed by atoms with E-state index in [2.05, 4.69) is 0 Å². The lowest BCUT2D eigenvalue weighted by Crippen LogP contribution is -2.22. The van der Waals surface area contributed by atoms with E-state index in [9.17, 15) is 4.79 Å². The van der Waals surface area contributed by atoms with Gasteiger partial charge in [0.2, 0.25) is 0 Å². The molecule has 1 aromatic heterocycles. The second-order valence-corrected chi connectivity index (χ2v) is 7.09. The Kier molecular flexibility index (Phi) is 4.32. The van der Waals surface area contributed by atoms with Crippen molar-refractivity contribution in [3.05, 3.63) is 51.0 Å². The summed E-state index contributed by atoms with van der Waals surface area (Å²) in [5.41, 5.74) is 0.744. The van der Waals surface area contributed by atoms with Crippen LogP contribution in [0.4, 0.5) is 0 Å². The van der Waals surface area contributed by atoms with Gasteiger partial charge in [-0.15, -0.1) is 0 Å². The van der Waals surface area contributed by atoms with Gasteiger partial charge in [-0.1, -0.05) is 47.2 Å². The summed E-state index contributed by atoms with van der Waals surface area (Å²) in [7, 11) is 1.65. The molecule has 0 aliphatic carbocycles. The maximum Gasteiger partial charge on any atom is 0.266 e. The largest absolute Gasteiger partial charge is 0.457 e. The van der Waals surface area contributed by atoms with Crippen molar-refractivity contribution in [1.82, 2.24) is 4.90 Å². The van der Waals surface area contributed by atoms with E-state index >= 15 is 0 Å². The Labute approximate surface area is 146 Å². The van der Waals surface area contributed by atoms with Gasteiger partial charge in [-0.2, -0.15) is 0 Å². The molecule has 2 aromatic rings. The molecule has 1 aliphatic rings. The molecule has 3 nitrogen and oxygen atoms in total. The number of hydrogen-bond acceptors (Lipinski definition) is 4. The lowest BCUT2D eigenvalue weighted by Gasteiger charge is -2.03. The molecule has 112 valence electrons. The van der Waals surface area contributed by atoms with Gasteiger partial charge in [0, 0.05) is 23.7 Å². The molecule has 22 heavy (non-hydrogen) atoms. The molecule has 2 heterocycles. The predicted molar refractivity (Wildman–Crippen MR) is 95.1 cm³/mol. The van der Waals surface area contributed by atoms with Crippen LogP contribution in [0.15, 0.2) is 39.7 Å². The summed E-state index contributed by atoms with van der Waals surface area (Å²) in [4.78, 5) is 13.9. The van der Waals surface area contributed by atoms with Crippen molar-refractivity contribution >= 4 is 63.5 Å². The third-order valence-electron chi connectivity index (χ3n) is 3.08. The van der Waals surface area contributed by atoms with Crippen LogP contribution in [0, 0.1) is 0 Å². The Bertz CT molecular complexity index is 814. The van der Waals surface area contributed by atoms with E-state index in [0.29, 0.717) is 30.8 Å². The highest BCUT2D eigenvalue weighted by Gasteiger charge is 2.29. The van der Waals surface area contributed by atoms with Gasteiger partial charge in [-0.25, -0.2) is 0 Å². The van der Waals surface area contributed by atoms with E-state index in [0.717, 1.165) is 5.56 Å². The van der Waals surface area contributed by atoms with E-state index < -0.39 is 0 Å². The summed E-state index contributed by atoms with van der Waals surface area (Å²) >= 11 is 18.4. The van der Waals surface area contributed by atoms with Crippen LogP contribution in [0.1, 0.15) is 5.76 Å². The van der Waals surface area contributed by atoms with Crippen LogP contribution < -0.4 is 0 Å². The average molecular weight is 370 g/mol. The summed E-state index contributed by atoms with van der Waals surface area (Å²) in [6.45, 7) is 0. The highest BCUT2D eigenvalue weighted by Crippen LogP contribution is 2.34. The molecule has 0 N–H and O–H groups in total. The predicted octanol–water partition coefficient (Wildman–Crippen LogP) is 5.08. The SMILES string of the molecule is CN1C(=O)/C(=C\c2ccc(-c3ccc(Cl)cc3Cl)o2)SC1=S.